The lowest BCUT2D eigenvalue weighted by atomic mass is 9.90. The molecule has 18 heavy (non-hydrogen) atoms. The Kier molecular flexibility index (Phi) is 5.21. The third-order valence-corrected chi connectivity index (χ3v) is 4.01. The standard InChI is InChI=1S/C16H25NO/c1-13-7-5-6-10-15(13)16(11-17)18-12-14-8-3-2-4-9-14/h5-7,10,14,16H,2-4,8-9,11-12,17H2,1H3. The van der Waals surface area contributed by atoms with Gasteiger partial charge < -0.3 is 10.5 Å². The third-order valence-electron chi connectivity index (χ3n) is 4.01. The molecule has 2 N–H and O–H groups in total. The van der Waals surface area contributed by atoms with E-state index in [0.717, 1.165) is 12.5 Å². The fourth-order valence-electron chi connectivity index (χ4n) is 2.84. The fraction of sp³-hybridized carbons (Fsp3) is 0.625. The Morgan fingerprint density at radius 1 is 1.22 bits per heavy atom. The first-order chi connectivity index (χ1) is 8.81. The zero-order valence-corrected chi connectivity index (χ0v) is 11.4. The number of ether oxygens (including phenoxy) is 1. The normalized spacial score (nSPS) is 18.8. The van der Waals surface area contributed by atoms with Crippen molar-refractivity contribution in [3.8, 4) is 0 Å². The van der Waals surface area contributed by atoms with Crippen molar-refractivity contribution in [2.75, 3.05) is 13.2 Å². The molecule has 1 fully saturated rings. The van der Waals surface area contributed by atoms with Gasteiger partial charge in [-0.05, 0) is 36.8 Å². The molecule has 0 amide bonds. The van der Waals surface area contributed by atoms with Crippen molar-refractivity contribution < 1.29 is 4.74 Å². The Bertz CT molecular complexity index is 358. The average molecular weight is 247 g/mol. The third kappa shape index (κ3) is 3.56. The lowest BCUT2D eigenvalue weighted by Crippen LogP contribution is -2.21. The van der Waals surface area contributed by atoms with E-state index in [4.69, 9.17) is 10.5 Å². The van der Waals surface area contributed by atoms with E-state index < -0.39 is 0 Å². The van der Waals surface area contributed by atoms with Crippen molar-refractivity contribution in [2.45, 2.75) is 45.1 Å². The van der Waals surface area contributed by atoms with Crippen molar-refractivity contribution in [1.82, 2.24) is 0 Å². The molecule has 1 unspecified atom stereocenters. The fourth-order valence-corrected chi connectivity index (χ4v) is 2.84. The molecule has 1 aromatic rings. The number of nitrogens with two attached hydrogens (primary N) is 1. The molecule has 100 valence electrons. The van der Waals surface area contributed by atoms with Crippen LogP contribution >= 0.6 is 0 Å². The highest BCUT2D eigenvalue weighted by molar-refractivity contribution is 5.27. The molecule has 2 rings (SSSR count). The summed E-state index contributed by atoms with van der Waals surface area (Å²) in [4.78, 5) is 0. The molecule has 2 heteroatoms. The van der Waals surface area contributed by atoms with E-state index in [2.05, 4.69) is 31.2 Å². The van der Waals surface area contributed by atoms with Gasteiger partial charge in [0.25, 0.3) is 0 Å². The Morgan fingerprint density at radius 3 is 2.61 bits per heavy atom. The van der Waals surface area contributed by atoms with E-state index in [1.165, 1.54) is 43.2 Å². The smallest absolute Gasteiger partial charge is 0.0949 e. The zero-order chi connectivity index (χ0) is 12.8. The van der Waals surface area contributed by atoms with Gasteiger partial charge >= 0.3 is 0 Å². The summed E-state index contributed by atoms with van der Waals surface area (Å²) in [5.74, 6) is 0.747. The molecule has 1 aromatic carbocycles. The first kappa shape index (κ1) is 13.6. The van der Waals surface area contributed by atoms with E-state index in [-0.39, 0.29) is 6.10 Å². The second-order valence-corrected chi connectivity index (χ2v) is 5.42. The number of rotatable bonds is 5. The van der Waals surface area contributed by atoms with Gasteiger partial charge in [0.2, 0.25) is 0 Å². The van der Waals surface area contributed by atoms with Gasteiger partial charge in [-0.15, -0.1) is 0 Å². The van der Waals surface area contributed by atoms with Crippen molar-refractivity contribution in [2.24, 2.45) is 11.7 Å². The maximum Gasteiger partial charge on any atom is 0.0949 e. The first-order valence-electron chi connectivity index (χ1n) is 7.18. The van der Waals surface area contributed by atoms with E-state index in [1.54, 1.807) is 0 Å². The van der Waals surface area contributed by atoms with E-state index in [9.17, 15) is 0 Å². The minimum absolute atomic E-state index is 0.0631. The van der Waals surface area contributed by atoms with Crippen LogP contribution in [0, 0.1) is 12.8 Å². The summed E-state index contributed by atoms with van der Waals surface area (Å²) in [6.07, 6.45) is 6.84. The molecule has 0 bridgehead atoms. The summed E-state index contributed by atoms with van der Waals surface area (Å²) in [5.41, 5.74) is 8.39. The molecule has 2 nitrogen and oxygen atoms in total. The monoisotopic (exact) mass is 247 g/mol. The quantitative estimate of drug-likeness (QED) is 0.863. The summed E-state index contributed by atoms with van der Waals surface area (Å²) in [5, 5.41) is 0. The van der Waals surface area contributed by atoms with Crippen molar-refractivity contribution in [3.63, 3.8) is 0 Å². The molecular weight excluding hydrogens is 222 g/mol. The van der Waals surface area contributed by atoms with E-state index in [1.807, 2.05) is 0 Å². The molecule has 0 heterocycles. The summed E-state index contributed by atoms with van der Waals surface area (Å²) in [6.45, 7) is 3.57. The van der Waals surface area contributed by atoms with Gasteiger partial charge in [-0.3, -0.25) is 0 Å². The predicted molar refractivity (Wildman–Crippen MR) is 75.5 cm³/mol. The Morgan fingerprint density at radius 2 is 1.94 bits per heavy atom. The molecular formula is C16H25NO. The van der Waals surface area contributed by atoms with Crippen LogP contribution in [-0.4, -0.2) is 13.2 Å². The van der Waals surface area contributed by atoms with Crippen LogP contribution in [0.5, 0.6) is 0 Å². The number of aryl methyl sites for hydroxylation is 1. The molecule has 0 aliphatic heterocycles. The van der Waals surface area contributed by atoms with Gasteiger partial charge in [0.05, 0.1) is 12.7 Å². The van der Waals surface area contributed by atoms with Gasteiger partial charge in [-0.25, -0.2) is 0 Å². The Balaban J connectivity index is 1.91. The SMILES string of the molecule is Cc1ccccc1C(CN)OCC1CCCCC1. The predicted octanol–water partition coefficient (Wildman–Crippen LogP) is 3.59. The molecule has 1 aliphatic rings. The van der Waals surface area contributed by atoms with Crippen LogP contribution in [0.3, 0.4) is 0 Å². The van der Waals surface area contributed by atoms with Crippen LogP contribution in [0.1, 0.15) is 49.3 Å². The highest BCUT2D eigenvalue weighted by Gasteiger charge is 2.17. The molecule has 1 atom stereocenters. The second-order valence-electron chi connectivity index (χ2n) is 5.42. The maximum atomic E-state index is 6.07. The zero-order valence-electron chi connectivity index (χ0n) is 11.4. The van der Waals surface area contributed by atoms with Gasteiger partial charge in [-0.2, -0.15) is 0 Å². The van der Waals surface area contributed by atoms with Crippen LogP contribution in [-0.2, 0) is 4.74 Å². The van der Waals surface area contributed by atoms with Crippen LogP contribution in [0.4, 0.5) is 0 Å². The van der Waals surface area contributed by atoms with Gasteiger partial charge in [0, 0.05) is 6.54 Å². The molecule has 0 radical (unpaired) electrons. The van der Waals surface area contributed by atoms with Crippen molar-refractivity contribution in [1.29, 1.82) is 0 Å². The van der Waals surface area contributed by atoms with Crippen LogP contribution in [0.2, 0.25) is 0 Å². The summed E-state index contributed by atoms with van der Waals surface area (Å²) < 4.78 is 6.07. The summed E-state index contributed by atoms with van der Waals surface area (Å²) >= 11 is 0. The first-order valence-corrected chi connectivity index (χ1v) is 7.18. The Labute approximate surface area is 111 Å². The highest BCUT2D eigenvalue weighted by atomic mass is 16.5. The number of hydrogen-bond acceptors (Lipinski definition) is 2. The van der Waals surface area contributed by atoms with Crippen LogP contribution in [0.25, 0.3) is 0 Å². The highest BCUT2D eigenvalue weighted by Crippen LogP contribution is 2.27. The van der Waals surface area contributed by atoms with Crippen molar-refractivity contribution >= 4 is 0 Å². The van der Waals surface area contributed by atoms with Crippen molar-refractivity contribution in [3.05, 3.63) is 35.4 Å². The topological polar surface area (TPSA) is 35.2 Å². The maximum absolute atomic E-state index is 6.07. The van der Waals surface area contributed by atoms with Gasteiger partial charge in [0.15, 0.2) is 0 Å². The van der Waals surface area contributed by atoms with Gasteiger partial charge in [-0.1, -0.05) is 43.5 Å². The van der Waals surface area contributed by atoms with Crippen LogP contribution in [0.15, 0.2) is 24.3 Å². The summed E-state index contributed by atoms with van der Waals surface area (Å²) in [6, 6.07) is 8.39. The molecule has 1 saturated carbocycles. The Hall–Kier alpha value is -0.860. The summed E-state index contributed by atoms with van der Waals surface area (Å²) in [7, 11) is 0. The lowest BCUT2D eigenvalue weighted by molar-refractivity contribution is 0.0243. The molecule has 0 saturated heterocycles. The average Bonchev–Trinajstić information content (AvgIpc) is 2.42. The second kappa shape index (κ2) is 6.91. The number of benzene rings is 1. The minimum atomic E-state index is 0.0631. The van der Waals surface area contributed by atoms with Crippen LogP contribution < -0.4 is 5.73 Å². The largest absolute Gasteiger partial charge is 0.372 e. The van der Waals surface area contributed by atoms with E-state index in [0.29, 0.717) is 6.54 Å². The minimum Gasteiger partial charge on any atom is -0.372 e. The lowest BCUT2D eigenvalue weighted by Gasteiger charge is -2.25. The van der Waals surface area contributed by atoms with E-state index >= 15 is 0 Å². The molecule has 0 aromatic heterocycles. The number of hydrogen-bond donors (Lipinski definition) is 1. The molecule has 1 aliphatic carbocycles. The molecule has 0 spiro atoms. The van der Waals surface area contributed by atoms with Gasteiger partial charge in [0.1, 0.15) is 0 Å².